The zero-order valence-corrected chi connectivity index (χ0v) is 8.43. The second-order valence-electron chi connectivity index (χ2n) is 5.01. The number of hydrogen-bond acceptors (Lipinski definition) is 0. The van der Waals surface area contributed by atoms with Crippen molar-refractivity contribution >= 4 is 0 Å². The monoisotopic (exact) mass is 154 g/mol. The smallest absolute Gasteiger partial charge is 0.0380 e. The molecule has 0 aromatic rings. The molecule has 0 saturated heterocycles. The molecule has 1 rings (SSSR count). The molecule has 0 radical (unpaired) electrons. The van der Waals surface area contributed by atoms with E-state index in [9.17, 15) is 0 Å². The Hall–Kier alpha value is 0. The molecule has 0 bridgehead atoms. The second kappa shape index (κ2) is 3.60. The van der Waals surface area contributed by atoms with Crippen molar-refractivity contribution in [2.24, 2.45) is 23.7 Å². The molecule has 1 fully saturated rings. The van der Waals surface area contributed by atoms with Gasteiger partial charge in [0.25, 0.3) is 0 Å². The van der Waals surface area contributed by atoms with Crippen LogP contribution in [-0.2, 0) is 0 Å². The Morgan fingerprint density at radius 1 is 0.909 bits per heavy atom. The molecule has 1 aliphatic carbocycles. The summed E-state index contributed by atoms with van der Waals surface area (Å²) < 4.78 is 0. The summed E-state index contributed by atoms with van der Waals surface area (Å²) in [5.74, 6) is 4.02. The quantitative estimate of drug-likeness (QED) is 0.579. The van der Waals surface area contributed by atoms with Gasteiger partial charge in [0.05, 0.1) is 0 Å². The van der Waals surface area contributed by atoms with Gasteiger partial charge in [-0.3, -0.25) is 0 Å². The number of hydrogen-bond donors (Lipinski definition) is 0. The maximum absolute atomic E-state index is 2.34. The van der Waals surface area contributed by atoms with Crippen molar-refractivity contribution in [2.75, 3.05) is 0 Å². The predicted molar refractivity (Wildman–Crippen MR) is 50.5 cm³/mol. The van der Waals surface area contributed by atoms with E-state index in [1.807, 2.05) is 0 Å². The Morgan fingerprint density at radius 2 is 1.27 bits per heavy atom. The van der Waals surface area contributed by atoms with Crippen molar-refractivity contribution in [3.8, 4) is 0 Å². The Labute approximate surface area is 71.4 Å². The van der Waals surface area contributed by atoms with Gasteiger partial charge in [0.1, 0.15) is 0 Å². The van der Waals surface area contributed by atoms with Crippen LogP contribution in [0.3, 0.4) is 0 Å². The van der Waals surface area contributed by atoms with Crippen molar-refractivity contribution in [2.45, 2.75) is 47.0 Å². The van der Waals surface area contributed by atoms with Gasteiger partial charge in [0.15, 0.2) is 0 Å². The molecule has 11 heavy (non-hydrogen) atoms. The third-order valence-corrected chi connectivity index (χ3v) is 2.62. The Bertz CT molecular complexity index is 99.2. The van der Waals surface area contributed by atoms with Crippen molar-refractivity contribution < 1.29 is 0 Å². The highest BCUT2D eigenvalue weighted by atomic mass is 14.4. The fraction of sp³-hybridized carbons (Fsp3) is 1.00. The van der Waals surface area contributed by atoms with Gasteiger partial charge < -0.3 is 0 Å². The molecule has 0 aromatic heterocycles. The fourth-order valence-corrected chi connectivity index (χ4v) is 2.10. The minimum Gasteiger partial charge on any atom is -0.0628 e. The summed E-state index contributed by atoms with van der Waals surface area (Å²) in [6.07, 6.45) is 4.46. The Morgan fingerprint density at radius 3 is 1.55 bits per heavy atom. The molecular weight excluding hydrogens is 132 g/mol. The van der Waals surface area contributed by atoms with Crippen LogP contribution in [0.4, 0.5) is 0 Å². The highest BCUT2D eigenvalue weighted by Gasteiger charge is 2.36. The molecule has 0 spiro atoms. The summed E-state index contributed by atoms with van der Waals surface area (Å²) in [7, 11) is 0. The molecule has 0 aliphatic heterocycles. The first-order chi connectivity index (χ1) is 5.09. The highest BCUT2D eigenvalue weighted by molar-refractivity contribution is 4.87. The first-order valence-electron chi connectivity index (χ1n) is 5.09. The van der Waals surface area contributed by atoms with Gasteiger partial charge in [0, 0.05) is 0 Å². The average Bonchev–Trinajstić information content (AvgIpc) is 2.43. The molecule has 0 heterocycles. The molecule has 0 heteroatoms. The summed E-state index contributed by atoms with van der Waals surface area (Å²) in [5.41, 5.74) is 0. The number of rotatable bonds is 4. The van der Waals surface area contributed by atoms with Crippen molar-refractivity contribution in [3.05, 3.63) is 0 Å². The van der Waals surface area contributed by atoms with Gasteiger partial charge >= 0.3 is 0 Å². The maximum atomic E-state index is 2.34. The normalized spacial score (nSPS) is 30.0. The van der Waals surface area contributed by atoms with Crippen LogP contribution >= 0.6 is 0 Å². The summed E-state index contributed by atoms with van der Waals surface area (Å²) in [5, 5.41) is 0. The standard InChI is InChI=1S/C11H22/c1-8(2)5-10-7-11(10)6-9(3)4/h8-11H,5-7H2,1-4H3/t10-,11?/m0/s1. The van der Waals surface area contributed by atoms with E-state index in [0.717, 1.165) is 23.7 Å². The van der Waals surface area contributed by atoms with Crippen molar-refractivity contribution in [1.29, 1.82) is 0 Å². The lowest BCUT2D eigenvalue weighted by Gasteiger charge is -2.05. The zero-order valence-electron chi connectivity index (χ0n) is 8.43. The summed E-state index contributed by atoms with van der Waals surface area (Å²) >= 11 is 0. The van der Waals surface area contributed by atoms with E-state index in [0.29, 0.717) is 0 Å². The molecule has 0 amide bonds. The van der Waals surface area contributed by atoms with Crippen LogP contribution in [0.15, 0.2) is 0 Å². The average molecular weight is 154 g/mol. The SMILES string of the molecule is CC(C)CC1C[C@@H]1CC(C)C. The topological polar surface area (TPSA) is 0 Å². The van der Waals surface area contributed by atoms with E-state index in [-0.39, 0.29) is 0 Å². The minimum absolute atomic E-state index is 0.914. The van der Waals surface area contributed by atoms with Crippen molar-refractivity contribution in [1.82, 2.24) is 0 Å². The van der Waals surface area contributed by atoms with Gasteiger partial charge in [-0.2, -0.15) is 0 Å². The van der Waals surface area contributed by atoms with E-state index < -0.39 is 0 Å². The first kappa shape index (κ1) is 9.09. The molecule has 0 N–H and O–H groups in total. The minimum atomic E-state index is 0.914. The summed E-state index contributed by atoms with van der Waals surface area (Å²) in [6.45, 7) is 9.35. The Balaban J connectivity index is 2.07. The van der Waals surface area contributed by atoms with Crippen molar-refractivity contribution in [3.63, 3.8) is 0 Å². The highest BCUT2D eigenvalue weighted by Crippen LogP contribution is 2.46. The van der Waals surface area contributed by atoms with Gasteiger partial charge in [-0.15, -0.1) is 0 Å². The largest absolute Gasteiger partial charge is 0.0628 e. The molecule has 1 saturated carbocycles. The van der Waals surface area contributed by atoms with Crippen LogP contribution in [0.1, 0.15) is 47.0 Å². The predicted octanol–water partition coefficient (Wildman–Crippen LogP) is 3.71. The van der Waals surface area contributed by atoms with Crippen LogP contribution in [0.25, 0.3) is 0 Å². The van der Waals surface area contributed by atoms with Gasteiger partial charge in [-0.1, -0.05) is 27.7 Å². The molecule has 66 valence electrons. The molecule has 0 nitrogen and oxygen atoms in total. The van der Waals surface area contributed by atoms with E-state index in [2.05, 4.69) is 27.7 Å². The lowest BCUT2D eigenvalue weighted by atomic mass is 10.0. The lowest BCUT2D eigenvalue weighted by Crippen LogP contribution is -1.94. The van der Waals surface area contributed by atoms with Gasteiger partial charge in [0.2, 0.25) is 0 Å². The molecule has 1 aliphatic rings. The maximum Gasteiger partial charge on any atom is -0.0380 e. The first-order valence-corrected chi connectivity index (χ1v) is 5.09. The molecule has 2 atom stereocenters. The van der Waals surface area contributed by atoms with Crippen LogP contribution in [0.5, 0.6) is 0 Å². The molecular formula is C11H22. The molecule has 1 unspecified atom stereocenters. The fourth-order valence-electron chi connectivity index (χ4n) is 2.10. The van der Waals surface area contributed by atoms with Gasteiger partial charge in [-0.25, -0.2) is 0 Å². The molecule has 0 aromatic carbocycles. The second-order valence-corrected chi connectivity index (χ2v) is 5.01. The van der Waals surface area contributed by atoms with E-state index in [4.69, 9.17) is 0 Å². The van der Waals surface area contributed by atoms with Crippen LogP contribution in [0.2, 0.25) is 0 Å². The lowest BCUT2D eigenvalue weighted by molar-refractivity contribution is 0.464. The Kier molecular flexibility index (Phi) is 2.98. The van der Waals surface area contributed by atoms with Gasteiger partial charge in [-0.05, 0) is 42.9 Å². The van der Waals surface area contributed by atoms with E-state index in [1.165, 1.54) is 19.3 Å². The van der Waals surface area contributed by atoms with Crippen LogP contribution < -0.4 is 0 Å². The summed E-state index contributed by atoms with van der Waals surface area (Å²) in [4.78, 5) is 0. The van der Waals surface area contributed by atoms with Crippen LogP contribution in [0, 0.1) is 23.7 Å². The third-order valence-electron chi connectivity index (χ3n) is 2.62. The summed E-state index contributed by atoms with van der Waals surface area (Å²) in [6, 6.07) is 0. The zero-order chi connectivity index (χ0) is 8.43. The third kappa shape index (κ3) is 3.27. The van der Waals surface area contributed by atoms with E-state index >= 15 is 0 Å². The van der Waals surface area contributed by atoms with Crippen LogP contribution in [-0.4, -0.2) is 0 Å². The van der Waals surface area contributed by atoms with E-state index in [1.54, 1.807) is 0 Å².